The number of hydrogen-bond donors (Lipinski definition) is 1. The van der Waals surface area contributed by atoms with Gasteiger partial charge in [-0.05, 0) is 31.4 Å². The van der Waals surface area contributed by atoms with E-state index in [9.17, 15) is 4.39 Å². The minimum Gasteiger partial charge on any atom is -0.457 e. The zero-order valence-electron chi connectivity index (χ0n) is 14.0. The van der Waals surface area contributed by atoms with E-state index in [1.165, 1.54) is 6.07 Å². The maximum Gasteiger partial charge on any atom is 0.226 e. The summed E-state index contributed by atoms with van der Waals surface area (Å²) in [5, 5.41) is 3.22. The van der Waals surface area contributed by atoms with Gasteiger partial charge in [-0.15, -0.1) is 0 Å². The summed E-state index contributed by atoms with van der Waals surface area (Å²) < 4.78 is 26.3. The molecule has 0 aromatic heterocycles. The second-order valence-corrected chi connectivity index (χ2v) is 6.02. The molecule has 0 radical (unpaired) electrons. The summed E-state index contributed by atoms with van der Waals surface area (Å²) in [6, 6.07) is 14.8. The first-order chi connectivity index (χ1) is 11.8. The summed E-state index contributed by atoms with van der Waals surface area (Å²) in [6.45, 7) is 4.17. The van der Waals surface area contributed by atoms with Crippen molar-refractivity contribution in [3.05, 3.63) is 65.5 Å². The third kappa shape index (κ3) is 4.34. The fraction of sp³-hybridized carbons (Fsp3) is 0.400. The molecule has 1 fully saturated rings. The van der Waals surface area contributed by atoms with Crippen LogP contribution in [0.25, 0.3) is 0 Å². The molecule has 2 aromatic carbocycles. The van der Waals surface area contributed by atoms with Gasteiger partial charge < -0.3 is 14.8 Å². The second kappa shape index (κ2) is 8.27. The quantitative estimate of drug-likeness (QED) is 0.546. The molecule has 1 aliphatic carbocycles. The highest BCUT2D eigenvalue weighted by Gasteiger charge is 2.29. The minimum absolute atomic E-state index is 0.324. The average Bonchev–Trinajstić information content (AvgIpc) is 3.44. The number of likely N-dealkylation sites (N-methyl/N-ethyl adjacent to an activating group) is 1. The molecule has 1 N–H and O–H groups in total. The fourth-order valence-electron chi connectivity index (χ4n) is 2.70. The summed E-state index contributed by atoms with van der Waals surface area (Å²) in [7, 11) is 0. The van der Waals surface area contributed by atoms with E-state index >= 15 is 0 Å². The van der Waals surface area contributed by atoms with E-state index in [4.69, 9.17) is 9.47 Å². The van der Waals surface area contributed by atoms with Gasteiger partial charge in [0.15, 0.2) is 11.6 Å². The summed E-state index contributed by atoms with van der Waals surface area (Å²) in [6.07, 6.45) is 1.58. The zero-order chi connectivity index (χ0) is 16.8. The van der Waals surface area contributed by atoms with Crippen LogP contribution in [0.2, 0.25) is 0 Å². The van der Waals surface area contributed by atoms with Crippen LogP contribution in [0.1, 0.15) is 43.1 Å². The molecule has 0 bridgehead atoms. The molecule has 0 heterocycles. The Morgan fingerprint density at radius 3 is 2.62 bits per heavy atom. The standard InChI is InChI=1S/C20H24FNO2/c1-2-22-13-14-23-20(16-7-4-3-5-8-16)24-19-17(15-11-12-15)9-6-10-18(19)21/h3-10,15,20,22H,2,11-14H2,1H3/t20-/m0/s1. The number of para-hydroxylation sites is 1. The lowest BCUT2D eigenvalue weighted by Gasteiger charge is -2.22. The predicted octanol–water partition coefficient (Wildman–Crippen LogP) is 4.41. The number of halogens is 1. The van der Waals surface area contributed by atoms with Gasteiger partial charge in [-0.3, -0.25) is 0 Å². The van der Waals surface area contributed by atoms with Crippen molar-refractivity contribution in [1.29, 1.82) is 0 Å². The van der Waals surface area contributed by atoms with Crippen molar-refractivity contribution >= 4 is 0 Å². The van der Waals surface area contributed by atoms with E-state index in [1.807, 2.05) is 43.3 Å². The third-order valence-corrected chi connectivity index (χ3v) is 4.11. The molecule has 0 unspecified atom stereocenters. The number of rotatable bonds is 9. The van der Waals surface area contributed by atoms with Crippen molar-refractivity contribution in [3.8, 4) is 5.75 Å². The first kappa shape index (κ1) is 16.9. The van der Waals surface area contributed by atoms with Crippen LogP contribution in [0, 0.1) is 5.82 Å². The van der Waals surface area contributed by atoms with E-state index in [1.54, 1.807) is 6.07 Å². The van der Waals surface area contributed by atoms with Gasteiger partial charge in [0.2, 0.25) is 6.29 Å². The maximum absolute atomic E-state index is 14.4. The number of ether oxygens (including phenoxy) is 2. The van der Waals surface area contributed by atoms with Gasteiger partial charge in [0.25, 0.3) is 0 Å². The lowest BCUT2D eigenvalue weighted by Crippen LogP contribution is -2.22. The van der Waals surface area contributed by atoms with E-state index in [0.717, 1.165) is 37.1 Å². The molecule has 0 saturated heterocycles. The van der Waals surface area contributed by atoms with Crippen LogP contribution < -0.4 is 10.1 Å². The molecule has 1 atom stereocenters. The lowest BCUT2D eigenvalue weighted by atomic mass is 10.1. The molecule has 4 heteroatoms. The smallest absolute Gasteiger partial charge is 0.226 e. The third-order valence-electron chi connectivity index (χ3n) is 4.11. The molecule has 3 nitrogen and oxygen atoms in total. The van der Waals surface area contributed by atoms with Crippen molar-refractivity contribution in [2.75, 3.05) is 19.7 Å². The Balaban J connectivity index is 1.79. The van der Waals surface area contributed by atoms with Gasteiger partial charge in [0.05, 0.1) is 6.61 Å². The normalized spacial score (nSPS) is 15.2. The molecule has 24 heavy (non-hydrogen) atoms. The van der Waals surface area contributed by atoms with E-state index in [-0.39, 0.29) is 5.82 Å². The van der Waals surface area contributed by atoms with Crippen LogP contribution >= 0.6 is 0 Å². The van der Waals surface area contributed by atoms with Crippen molar-refractivity contribution in [3.63, 3.8) is 0 Å². The Hall–Kier alpha value is -1.91. The molecule has 3 rings (SSSR count). The first-order valence-electron chi connectivity index (χ1n) is 8.62. The molecule has 0 aliphatic heterocycles. The summed E-state index contributed by atoms with van der Waals surface area (Å²) in [5.41, 5.74) is 1.84. The van der Waals surface area contributed by atoms with Gasteiger partial charge in [-0.1, -0.05) is 49.4 Å². The molecule has 128 valence electrons. The minimum atomic E-state index is -0.612. The Morgan fingerprint density at radius 2 is 1.92 bits per heavy atom. The number of nitrogens with one attached hydrogen (secondary N) is 1. The molecular weight excluding hydrogens is 305 g/mol. The fourth-order valence-corrected chi connectivity index (χ4v) is 2.70. The van der Waals surface area contributed by atoms with E-state index < -0.39 is 6.29 Å². The van der Waals surface area contributed by atoms with Crippen LogP contribution in [0.3, 0.4) is 0 Å². The van der Waals surface area contributed by atoms with Crippen molar-refractivity contribution in [1.82, 2.24) is 5.32 Å². The van der Waals surface area contributed by atoms with Crippen molar-refractivity contribution in [2.24, 2.45) is 0 Å². The van der Waals surface area contributed by atoms with Gasteiger partial charge >= 0.3 is 0 Å². The highest BCUT2D eigenvalue weighted by Crippen LogP contribution is 2.45. The van der Waals surface area contributed by atoms with Crippen molar-refractivity contribution in [2.45, 2.75) is 32.0 Å². The highest BCUT2D eigenvalue weighted by atomic mass is 19.1. The Labute approximate surface area is 142 Å². The molecule has 0 amide bonds. The average molecular weight is 329 g/mol. The Morgan fingerprint density at radius 1 is 1.12 bits per heavy atom. The molecule has 0 spiro atoms. The number of hydrogen-bond acceptors (Lipinski definition) is 3. The van der Waals surface area contributed by atoms with Gasteiger partial charge in [-0.25, -0.2) is 4.39 Å². The number of benzene rings is 2. The van der Waals surface area contributed by atoms with Crippen LogP contribution in [-0.4, -0.2) is 19.7 Å². The van der Waals surface area contributed by atoms with E-state index in [0.29, 0.717) is 18.3 Å². The topological polar surface area (TPSA) is 30.5 Å². The lowest BCUT2D eigenvalue weighted by molar-refractivity contribution is -0.0841. The summed E-state index contributed by atoms with van der Waals surface area (Å²) in [4.78, 5) is 0. The molecular formula is C20H24FNO2. The summed E-state index contributed by atoms with van der Waals surface area (Å²) in [5.74, 6) is 0.418. The SMILES string of the molecule is CCNCCO[C@@H](Oc1c(F)cccc1C1CC1)c1ccccc1. The predicted molar refractivity (Wildman–Crippen MR) is 92.7 cm³/mol. The molecule has 1 aliphatic rings. The monoisotopic (exact) mass is 329 g/mol. The largest absolute Gasteiger partial charge is 0.457 e. The van der Waals surface area contributed by atoms with Crippen LogP contribution in [-0.2, 0) is 4.74 Å². The van der Waals surface area contributed by atoms with Gasteiger partial charge in [0.1, 0.15) is 0 Å². The van der Waals surface area contributed by atoms with Gasteiger partial charge in [0, 0.05) is 17.7 Å². The van der Waals surface area contributed by atoms with E-state index in [2.05, 4.69) is 5.32 Å². The molecule has 1 saturated carbocycles. The van der Waals surface area contributed by atoms with Gasteiger partial charge in [-0.2, -0.15) is 0 Å². The Bertz CT molecular complexity index is 643. The van der Waals surface area contributed by atoms with Crippen LogP contribution in [0.15, 0.2) is 48.5 Å². The maximum atomic E-state index is 14.4. The van der Waals surface area contributed by atoms with Crippen LogP contribution in [0.5, 0.6) is 5.75 Å². The molecule has 2 aromatic rings. The highest BCUT2D eigenvalue weighted by molar-refractivity contribution is 5.40. The second-order valence-electron chi connectivity index (χ2n) is 6.02. The summed E-state index contributed by atoms with van der Waals surface area (Å²) >= 11 is 0. The van der Waals surface area contributed by atoms with Crippen molar-refractivity contribution < 1.29 is 13.9 Å². The zero-order valence-corrected chi connectivity index (χ0v) is 14.0. The first-order valence-corrected chi connectivity index (χ1v) is 8.62. The van der Waals surface area contributed by atoms with Crippen LogP contribution in [0.4, 0.5) is 4.39 Å². The Kier molecular flexibility index (Phi) is 5.83.